The number of phosphoric ester groups is 1. The van der Waals surface area contributed by atoms with E-state index < -0.39 is 13.9 Å². The smallest absolute Gasteiger partial charge is 0.306 e. The molecule has 0 aromatic rings. The second-order valence-electron chi connectivity index (χ2n) is 17.8. The maximum atomic E-state index is 12.7. The molecule has 0 rings (SSSR count). The molecule has 0 bridgehead atoms. The minimum atomic E-state index is -4.55. The second kappa shape index (κ2) is 44.8. The number of phosphoric acid groups is 1. The normalized spacial score (nSPS) is 14.1. The molecule has 0 aliphatic rings. The fraction of sp³-hybridized carbons (Fsp3) is 0.788. The first-order valence-electron chi connectivity index (χ1n) is 25.0. The van der Waals surface area contributed by atoms with Crippen LogP contribution >= 0.6 is 7.82 Å². The number of unbranched alkanes of at least 4 members (excludes halogenated alkanes) is 22. The van der Waals surface area contributed by atoms with Gasteiger partial charge in [0.15, 0.2) is 0 Å². The Morgan fingerprint density at radius 2 is 0.934 bits per heavy atom. The molecule has 0 aliphatic carbocycles. The molecule has 0 saturated carbocycles. The van der Waals surface area contributed by atoms with Crippen molar-refractivity contribution in [2.45, 2.75) is 213 Å². The van der Waals surface area contributed by atoms with E-state index in [1.807, 2.05) is 21.1 Å². The molecule has 0 fully saturated rings. The number of quaternary nitrogens is 1. The van der Waals surface area contributed by atoms with Gasteiger partial charge in [-0.3, -0.25) is 9.36 Å². The molecule has 0 saturated heterocycles. The van der Waals surface area contributed by atoms with Crippen molar-refractivity contribution in [1.82, 2.24) is 0 Å². The quantitative estimate of drug-likeness (QED) is 0.0198. The van der Waals surface area contributed by atoms with Crippen molar-refractivity contribution < 1.29 is 37.3 Å². The van der Waals surface area contributed by atoms with Gasteiger partial charge in [0, 0.05) is 13.0 Å². The topological polar surface area (TPSA) is 94.1 Å². The van der Waals surface area contributed by atoms with Crippen molar-refractivity contribution in [3.05, 3.63) is 60.8 Å². The molecule has 0 N–H and O–H groups in total. The molecular formula is C52H96NO7P. The third kappa shape index (κ3) is 49.1. The number of carbonyl (C=O) groups is 1. The molecule has 0 aromatic heterocycles. The number of carbonyl (C=O) groups excluding carboxylic acids is 1. The van der Waals surface area contributed by atoms with E-state index in [0.717, 1.165) is 51.4 Å². The van der Waals surface area contributed by atoms with Gasteiger partial charge in [-0.15, -0.1) is 0 Å². The van der Waals surface area contributed by atoms with E-state index in [1.54, 1.807) is 0 Å². The van der Waals surface area contributed by atoms with Crippen LogP contribution in [0.3, 0.4) is 0 Å². The van der Waals surface area contributed by atoms with Crippen molar-refractivity contribution in [3.63, 3.8) is 0 Å². The van der Waals surface area contributed by atoms with Gasteiger partial charge in [-0.05, 0) is 51.4 Å². The third-order valence-corrected chi connectivity index (χ3v) is 11.5. The molecule has 0 aromatic carbocycles. The summed E-state index contributed by atoms with van der Waals surface area (Å²) in [5, 5.41) is 0. The fourth-order valence-corrected chi connectivity index (χ4v) is 7.49. The van der Waals surface area contributed by atoms with Crippen molar-refractivity contribution >= 4 is 13.8 Å². The highest BCUT2D eigenvalue weighted by atomic mass is 31.2. The summed E-state index contributed by atoms with van der Waals surface area (Å²) in [6, 6.07) is 0. The summed E-state index contributed by atoms with van der Waals surface area (Å²) in [4.78, 5) is 25.1. The molecule has 0 amide bonds. The Labute approximate surface area is 377 Å². The lowest BCUT2D eigenvalue weighted by Gasteiger charge is -2.28. The molecule has 356 valence electrons. The zero-order valence-electron chi connectivity index (χ0n) is 40.4. The molecular weight excluding hydrogens is 782 g/mol. The molecule has 2 unspecified atom stereocenters. The summed E-state index contributed by atoms with van der Waals surface area (Å²) in [5.41, 5.74) is 0. The minimum Gasteiger partial charge on any atom is -0.756 e. The number of nitrogens with zero attached hydrogens (tertiary/aromatic N) is 1. The highest BCUT2D eigenvalue weighted by molar-refractivity contribution is 7.45. The molecule has 0 aliphatic heterocycles. The van der Waals surface area contributed by atoms with Gasteiger partial charge in [-0.25, -0.2) is 0 Å². The Balaban J connectivity index is 4.20. The lowest BCUT2D eigenvalue weighted by molar-refractivity contribution is -0.870. The van der Waals surface area contributed by atoms with Crippen molar-refractivity contribution in [3.8, 4) is 0 Å². The van der Waals surface area contributed by atoms with Crippen LogP contribution in [0.15, 0.2) is 60.8 Å². The summed E-state index contributed by atoms with van der Waals surface area (Å²) in [6.45, 7) is 5.24. The van der Waals surface area contributed by atoms with E-state index in [9.17, 15) is 14.3 Å². The zero-order chi connectivity index (χ0) is 44.8. The number of allylic oxidation sites excluding steroid dienone is 10. The second-order valence-corrected chi connectivity index (χ2v) is 19.2. The molecule has 0 radical (unpaired) electrons. The molecule has 2 atom stereocenters. The largest absolute Gasteiger partial charge is 0.756 e. The van der Waals surface area contributed by atoms with Crippen LogP contribution in [0.5, 0.6) is 0 Å². The maximum Gasteiger partial charge on any atom is 0.306 e. The van der Waals surface area contributed by atoms with Gasteiger partial charge < -0.3 is 27.9 Å². The van der Waals surface area contributed by atoms with Crippen molar-refractivity contribution in [2.75, 3.05) is 54.1 Å². The molecule has 0 spiro atoms. The van der Waals surface area contributed by atoms with Crippen LogP contribution in [0.4, 0.5) is 0 Å². The van der Waals surface area contributed by atoms with Gasteiger partial charge in [0.25, 0.3) is 7.82 Å². The maximum absolute atomic E-state index is 12.7. The number of rotatable bonds is 46. The summed E-state index contributed by atoms with van der Waals surface area (Å²) >= 11 is 0. The van der Waals surface area contributed by atoms with E-state index in [-0.39, 0.29) is 32.2 Å². The Hall–Kier alpha value is -1.80. The van der Waals surface area contributed by atoms with Crippen LogP contribution in [0.25, 0.3) is 0 Å². The van der Waals surface area contributed by atoms with Crippen LogP contribution in [0.2, 0.25) is 0 Å². The zero-order valence-corrected chi connectivity index (χ0v) is 41.2. The van der Waals surface area contributed by atoms with Crippen molar-refractivity contribution in [2.24, 2.45) is 0 Å². The van der Waals surface area contributed by atoms with E-state index in [1.165, 1.54) is 128 Å². The number of ether oxygens (including phenoxy) is 2. The Morgan fingerprint density at radius 3 is 1.36 bits per heavy atom. The molecule has 0 heterocycles. The Morgan fingerprint density at radius 1 is 0.525 bits per heavy atom. The van der Waals surface area contributed by atoms with Gasteiger partial charge in [0.05, 0.1) is 34.4 Å². The summed E-state index contributed by atoms with van der Waals surface area (Å²) in [6.07, 6.45) is 56.9. The SMILES string of the molecule is CC/C=C\C/C=C\C/C=C\C/C=C\C/C=C\CCCC(=O)OC(COCCCCCCCCCCCCCCCCCCCCCCCC)COP(=O)([O-])OCC[N+](C)(C)C. The van der Waals surface area contributed by atoms with Gasteiger partial charge >= 0.3 is 5.97 Å². The van der Waals surface area contributed by atoms with Crippen LogP contribution in [-0.4, -0.2) is 70.7 Å². The van der Waals surface area contributed by atoms with E-state index in [2.05, 4.69) is 74.6 Å². The number of hydrogen-bond acceptors (Lipinski definition) is 7. The first kappa shape index (κ1) is 59.2. The highest BCUT2D eigenvalue weighted by Crippen LogP contribution is 2.38. The summed E-state index contributed by atoms with van der Waals surface area (Å²) in [5.74, 6) is -0.388. The fourth-order valence-electron chi connectivity index (χ4n) is 6.76. The standard InChI is InChI=1S/C52H96NO7P/c1-6-8-10-12-14-16-18-20-22-24-25-26-27-28-30-32-34-36-38-40-42-44-47-57-49-51(50-59-61(55,56)58-48-46-53(3,4)5)60-52(54)45-43-41-39-37-35-33-31-29-23-21-19-17-15-13-11-9-7-2/h9,11,15,17,21,23,31,33,37,39,51H,6-8,10,12-14,16,18-20,22,24-30,32,34-36,38,40-50H2,1-5H3/b11-9-,17-15-,23-21-,33-31-,39-37-. The predicted molar refractivity (Wildman–Crippen MR) is 259 cm³/mol. The number of hydrogen-bond donors (Lipinski definition) is 0. The van der Waals surface area contributed by atoms with Gasteiger partial charge in [-0.1, -0.05) is 209 Å². The van der Waals surface area contributed by atoms with Crippen molar-refractivity contribution in [1.29, 1.82) is 0 Å². The first-order chi connectivity index (χ1) is 29.6. The highest BCUT2D eigenvalue weighted by Gasteiger charge is 2.20. The van der Waals surface area contributed by atoms with Crippen LogP contribution in [0, 0.1) is 0 Å². The molecule has 61 heavy (non-hydrogen) atoms. The Bertz CT molecular complexity index is 1160. The van der Waals surface area contributed by atoms with E-state index in [4.69, 9.17) is 18.5 Å². The first-order valence-corrected chi connectivity index (χ1v) is 26.5. The van der Waals surface area contributed by atoms with Crippen LogP contribution in [0.1, 0.15) is 206 Å². The number of esters is 1. The predicted octanol–water partition coefficient (Wildman–Crippen LogP) is 14.6. The summed E-state index contributed by atoms with van der Waals surface area (Å²) in [7, 11) is 1.32. The monoisotopic (exact) mass is 878 g/mol. The average Bonchev–Trinajstić information content (AvgIpc) is 3.22. The Kier molecular flexibility index (Phi) is 43.5. The molecule has 9 heteroatoms. The van der Waals surface area contributed by atoms with Gasteiger partial charge in [0.2, 0.25) is 0 Å². The molecule has 8 nitrogen and oxygen atoms in total. The van der Waals surface area contributed by atoms with E-state index in [0.29, 0.717) is 24.1 Å². The number of likely N-dealkylation sites (N-methyl/N-ethyl adjacent to an activating group) is 1. The van der Waals surface area contributed by atoms with E-state index >= 15 is 0 Å². The summed E-state index contributed by atoms with van der Waals surface area (Å²) < 4.78 is 34.6. The lowest BCUT2D eigenvalue weighted by atomic mass is 10.0. The van der Waals surface area contributed by atoms with Gasteiger partial charge in [0.1, 0.15) is 19.3 Å². The minimum absolute atomic E-state index is 0.0144. The van der Waals surface area contributed by atoms with Crippen LogP contribution < -0.4 is 4.89 Å². The third-order valence-electron chi connectivity index (χ3n) is 10.6. The lowest BCUT2D eigenvalue weighted by Crippen LogP contribution is -2.37. The van der Waals surface area contributed by atoms with Crippen LogP contribution in [-0.2, 0) is 27.9 Å². The average molecular weight is 878 g/mol. The van der Waals surface area contributed by atoms with Gasteiger partial charge in [-0.2, -0.15) is 0 Å².